The van der Waals surface area contributed by atoms with Gasteiger partial charge in [-0.3, -0.25) is 0 Å². The number of nitrogen functional groups attached to an aromatic ring is 1. The molecule has 0 amide bonds. The summed E-state index contributed by atoms with van der Waals surface area (Å²) in [5, 5.41) is 8.19. The van der Waals surface area contributed by atoms with Gasteiger partial charge in [0.05, 0.1) is 12.0 Å². The van der Waals surface area contributed by atoms with Gasteiger partial charge in [-0.15, -0.1) is 0 Å². The minimum atomic E-state index is -3.79. The third-order valence-electron chi connectivity index (χ3n) is 2.76. The largest absolute Gasteiger partial charge is 0.481 e. The van der Waals surface area contributed by atoms with Crippen LogP contribution in [0.2, 0.25) is 0 Å². The molecule has 0 bridgehead atoms. The Morgan fingerprint density at radius 3 is 2.71 bits per heavy atom. The second-order valence-electron chi connectivity index (χ2n) is 4.40. The minimum absolute atomic E-state index is 0.0303. The van der Waals surface area contributed by atoms with Crippen molar-refractivity contribution in [2.24, 2.45) is 5.14 Å². The molecule has 0 aliphatic heterocycles. The molecule has 1 heterocycles. The zero-order valence-electron chi connectivity index (χ0n) is 11.4. The molecule has 1 aromatic heterocycles. The van der Waals surface area contributed by atoms with Gasteiger partial charge < -0.3 is 15.8 Å². The van der Waals surface area contributed by atoms with E-state index in [4.69, 9.17) is 15.6 Å². The summed E-state index contributed by atoms with van der Waals surface area (Å²) in [6.07, 6.45) is 1.63. The lowest BCUT2D eigenvalue weighted by atomic mass is 10.2. The lowest BCUT2D eigenvalue weighted by Gasteiger charge is -2.10. The van der Waals surface area contributed by atoms with Gasteiger partial charge in [-0.1, -0.05) is 0 Å². The van der Waals surface area contributed by atoms with E-state index in [1.807, 2.05) is 6.07 Å². The number of primary sulfonamides is 1. The van der Waals surface area contributed by atoms with Crippen LogP contribution in [-0.4, -0.2) is 20.5 Å². The summed E-state index contributed by atoms with van der Waals surface area (Å²) in [4.78, 5) is 3.98. The van der Waals surface area contributed by atoms with Crippen LogP contribution in [0.4, 0.5) is 11.4 Å². The highest BCUT2D eigenvalue weighted by atomic mass is 32.2. The summed E-state index contributed by atoms with van der Waals surface area (Å²) in [7, 11) is -2.25. The first-order chi connectivity index (χ1) is 9.88. The normalized spacial score (nSPS) is 11.1. The number of nitrogens with zero attached hydrogens (tertiary/aromatic N) is 1. The van der Waals surface area contributed by atoms with Crippen molar-refractivity contribution >= 4 is 21.4 Å². The standard InChI is InChI=1S/C13H16N4O3S/c1-20-13-4-9(2-3-16-13)8-17-11-5-10(14)6-12(7-11)21(15,18)19/h2-7,17H,8,14H2,1H3,(H2,15,18,19). The molecule has 5 N–H and O–H groups in total. The van der Waals surface area contributed by atoms with E-state index >= 15 is 0 Å². The van der Waals surface area contributed by atoms with Crippen LogP contribution in [0.1, 0.15) is 5.56 Å². The number of nitrogens with one attached hydrogen (secondary N) is 1. The van der Waals surface area contributed by atoms with Crippen LogP contribution in [0.25, 0.3) is 0 Å². The van der Waals surface area contributed by atoms with E-state index < -0.39 is 10.0 Å². The molecule has 21 heavy (non-hydrogen) atoms. The minimum Gasteiger partial charge on any atom is -0.481 e. The number of pyridine rings is 1. The summed E-state index contributed by atoms with van der Waals surface area (Å²) in [6, 6.07) is 7.98. The third-order valence-corrected chi connectivity index (χ3v) is 3.66. The molecule has 0 spiro atoms. The average molecular weight is 308 g/mol. The van der Waals surface area contributed by atoms with Gasteiger partial charge in [0.25, 0.3) is 0 Å². The topological polar surface area (TPSA) is 120 Å². The molecule has 0 aliphatic rings. The monoisotopic (exact) mass is 308 g/mol. The van der Waals surface area contributed by atoms with E-state index in [1.54, 1.807) is 18.3 Å². The van der Waals surface area contributed by atoms with Crippen molar-refractivity contribution in [3.05, 3.63) is 42.1 Å². The SMILES string of the molecule is COc1cc(CNc2cc(N)cc(S(N)(=O)=O)c2)ccn1. The second-order valence-corrected chi connectivity index (χ2v) is 5.96. The van der Waals surface area contributed by atoms with Crippen molar-refractivity contribution < 1.29 is 13.2 Å². The summed E-state index contributed by atoms with van der Waals surface area (Å²) >= 11 is 0. The van der Waals surface area contributed by atoms with Crippen LogP contribution in [0.5, 0.6) is 5.88 Å². The molecule has 0 unspecified atom stereocenters. The molecular weight excluding hydrogens is 292 g/mol. The number of hydrogen-bond donors (Lipinski definition) is 3. The van der Waals surface area contributed by atoms with Crippen molar-refractivity contribution in [2.45, 2.75) is 11.4 Å². The number of nitrogens with two attached hydrogens (primary N) is 2. The third kappa shape index (κ3) is 4.07. The fourth-order valence-electron chi connectivity index (χ4n) is 1.76. The van der Waals surface area contributed by atoms with Gasteiger partial charge in [-0.25, -0.2) is 18.5 Å². The van der Waals surface area contributed by atoms with Crippen molar-refractivity contribution in [3.8, 4) is 5.88 Å². The van der Waals surface area contributed by atoms with Gasteiger partial charge in [0.1, 0.15) is 0 Å². The van der Waals surface area contributed by atoms with Crippen LogP contribution < -0.4 is 20.9 Å². The number of methoxy groups -OCH3 is 1. The molecule has 0 saturated heterocycles. The first kappa shape index (κ1) is 15.1. The lowest BCUT2D eigenvalue weighted by Crippen LogP contribution is -2.13. The molecule has 1 aromatic carbocycles. The fourth-order valence-corrected chi connectivity index (χ4v) is 2.36. The Bertz CT molecular complexity index is 747. The predicted molar refractivity (Wildman–Crippen MR) is 80.3 cm³/mol. The first-order valence-corrected chi connectivity index (χ1v) is 7.59. The van der Waals surface area contributed by atoms with Crippen LogP contribution >= 0.6 is 0 Å². The molecule has 0 atom stereocenters. The van der Waals surface area contributed by atoms with Gasteiger partial charge in [-0.05, 0) is 29.8 Å². The van der Waals surface area contributed by atoms with Gasteiger partial charge >= 0.3 is 0 Å². The predicted octanol–water partition coefficient (Wildman–Crippen LogP) is 0.932. The average Bonchev–Trinajstić information content (AvgIpc) is 2.44. The zero-order valence-corrected chi connectivity index (χ0v) is 12.2. The number of aromatic nitrogens is 1. The Balaban J connectivity index is 2.18. The highest BCUT2D eigenvalue weighted by Crippen LogP contribution is 2.20. The summed E-state index contributed by atoms with van der Waals surface area (Å²) < 4.78 is 27.8. The van der Waals surface area contributed by atoms with Crippen molar-refractivity contribution in [3.63, 3.8) is 0 Å². The van der Waals surface area contributed by atoms with Crippen LogP contribution in [-0.2, 0) is 16.6 Å². The summed E-state index contributed by atoms with van der Waals surface area (Å²) in [6.45, 7) is 0.465. The van der Waals surface area contributed by atoms with Crippen LogP contribution in [0.3, 0.4) is 0 Å². The van der Waals surface area contributed by atoms with Gasteiger partial charge in [0.2, 0.25) is 15.9 Å². The Hall–Kier alpha value is -2.32. The second kappa shape index (κ2) is 5.98. The van der Waals surface area contributed by atoms with Gasteiger partial charge in [0, 0.05) is 30.2 Å². The Labute approximate surface area is 123 Å². The molecule has 112 valence electrons. The number of ether oxygens (including phenoxy) is 1. The molecule has 0 aliphatic carbocycles. The molecule has 0 saturated carbocycles. The van der Waals surface area contributed by atoms with E-state index in [1.165, 1.54) is 19.2 Å². The maximum atomic E-state index is 11.4. The molecule has 8 heteroatoms. The molecular formula is C13H16N4O3S. The van der Waals surface area contributed by atoms with Crippen molar-refractivity contribution in [1.29, 1.82) is 0 Å². The Morgan fingerprint density at radius 1 is 1.29 bits per heavy atom. The first-order valence-electron chi connectivity index (χ1n) is 6.04. The highest BCUT2D eigenvalue weighted by molar-refractivity contribution is 7.89. The van der Waals surface area contributed by atoms with E-state index in [-0.39, 0.29) is 4.90 Å². The van der Waals surface area contributed by atoms with E-state index in [2.05, 4.69) is 10.3 Å². The molecule has 0 radical (unpaired) electrons. The number of hydrogen-bond acceptors (Lipinski definition) is 6. The smallest absolute Gasteiger partial charge is 0.238 e. The van der Waals surface area contributed by atoms with Crippen LogP contribution in [0, 0.1) is 0 Å². The summed E-state index contributed by atoms with van der Waals surface area (Å²) in [5.41, 5.74) is 7.49. The van der Waals surface area contributed by atoms with E-state index in [0.29, 0.717) is 23.8 Å². The van der Waals surface area contributed by atoms with E-state index in [0.717, 1.165) is 5.56 Å². The quantitative estimate of drug-likeness (QED) is 0.707. The van der Waals surface area contributed by atoms with Gasteiger partial charge in [0.15, 0.2) is 0 Å². The number of rotatable bonds is 5. The van der Waals surface area contributed by atoms with Gasteiger partial charge in [-0.2, -0.15) is 0 Å². The maximum absolute atomic E-state index is 11.4. The Morgan fingerprint density at radius 2 is 2.05 bits per heavy atom. The highest BCUT2D eigenvalue weighted by Gasteiger charge is 2.10. The van der Waals surface area contributed by atoms with Crippen molar-refractivity contribution in [2.75, 3.05) is 18.2 Å². The van der Waals surface area contributed by atoms with Crippen LogP contribution in [0.15, 0.2) is 41.4 Å². The molecule has 0 fully saturated rings. The number of sulfonamides is 1. The Kier molecular flexibility index (Phi) is 4.29. The number of anilines is 2. The number of benzene rings is 1. The van der Waals surface area contributed by atoms with E-state index in [9.17, 15) is 8.42 Å². The fraction of sp³-hybridized carbons (Fsp3) is 0.154. The summed E-state index contributed by atoms with van der Waals surface area (Å²) in [5.74, 6) is 0.507. The maximum Gasteiger partial charge on any atom is 0.238 e. The molecule has 7 nitrogen and oxygen atoms in total. The molecule has 2 rings (SSSR count). The van der Waals surface area contributed by atoms with Crippen molar-refractivity contribution in [1.82, 2.24) is 4.98 Å². The molecule has 2 aromatic rings. The zero-order chi connectivity index (χ0) is 15.5. The lowest BCUT2D eigenvalue weighted by molar-refractivity contribution is 0.397.